The van der Waals surface area contributed by atoms with Crippen LogP contribution in [0.15, 0.2) is 46.9 Å². The lowest BCUT2D eigenvalue weighted by Crippen LogP contribution is -1.99. The number of imidazole rings is 1. The van der Waals surface area contributed by atoms with Crippen molar-refractivity contribution in [1.82, 2.24) is 9.55 Å². The first-order chi connectivity index (χ1) is 9.29. The second-order valence-electron chi connectivity index (χ2n) is 3.99. The molecule has 0 radical (unpaired) electrons. The predicted molar refractivity (Wildman–Crippen MR) is 79.9 cm³/mol. The molecule has 0 saturated carbocycles. The van der Waals surface area contributed by atoms with E-state index in [2.05, 4.69) is 16.5 Å². The number of para-hydroxylation sites is 2. The summed E-state index contributed by atoms with van der Waals surface area (Å²) >= 11 is 2.66. The summed E-state index contributed by atoms with van der Waals surface area (Å²) in [5.41, 5.74) is 2.01. The fraction of sp³-hybridized carbons (Fsp3) is 0.143. The van der Waals surface area contributed by atoms with Crippen LogP contribution in [-0.2, 0) is 6.54 Å². The molecule has 1 aromatic carbocycles. The van der Waals surface area contributed by atoms with Gasteiger partial charge in [-0.2, -0.15) is 0 Å². The van der Waals surface area contributed by atoms with Gasteiger partial charge in [-0.25, -0.2) is 4.98 Å². The molecule has 0 aliphatic heterocycles. The molecule has 2 heterocycles. The van der Waals surface area contributed by atoms with Gasteiger partial charge in [-0.3, -0.25) is 4.79 Å². The summed E-state index contributed by atoms with van der Waals surface area (Å²) in [7, 11) is 0. The van der Waals surface area contributed by atoms with Crippen molar-refractivity contribution in [3.63, 3.8) is 0 Å². The number of rotatable bonds is 3. The Bertz CT molecular complexity index is 716. The van der Waals surface area contributed by atoms with Gasteiger partial charge in [-0.15, -0.1) is 11.3 Å². The molecule has 0 N–H and O–H groups in total. The number of nitrogens with zero attached hydrogens (tertiary/aromatic N) is 2. The fourth-order valence-corrected chi connectivity index (χ4v) is 3.61. The van der Waals surface area contributed by atoms with Crippen molar-refractivity contribution in [2.45, 2.75) is 18.6 Å². The number of thiophene rings is 1. The molecule has 0 saturated heterocycles. The molecule has 0 bridgehead atoms. The number of fused-ring (bicyclic) bond motifs is 1. The molecule has 0 fully saturated rings. The van der Waals surface area contributed by atoms with Crippen molar-refractivity contribution in [1.29, 1.82) is 0 Å². The van der Waals surface area contributed by atoms with Crippen LogP contribution in [0.1, 0.15) is 16.6 Å². The minimum absolute atomic E-state index is 0.0556. The van der Waals surface area contributed by atoms with Crippen molar-refractivity contribution in [2.75, 3.05) is 0 Å². The Morgan fingerprint density at radius 2 is 2.16 bits per heavy atom. The lowest BCUT2D eigenvalue weighted by molar-refractivity contribution is 0.109. The third-order valence-corrected chi connectivity index (χ3v) is 4.74. The third kappa shape index (κ3) is 2.31. The number of carbonyl (C=O) groups excluding carboxylic acids is 1. The minimum Gasteiger partial charge on any atom is -0.319 e. The van der Waals surface area contributed by atoms with Crippen molar-refractivity contribution >= 4 is 39.2 Å². The zero-order chi connectivity index (χ0) is 13.2. The molecule has 3 aromatic rings. The molecule has 0 aliphatic carbocycles. The zero-order valence-corrected chi connectivity index (χ0v) is 12.0. The van der Waals surface area contributed by atoms with Gasteiger partial charge in [-0.05, 0) is 42.3 Å². The first kappa shape index (κ1) is 12.4. The SMILES string of the molecule is CCn1c(SC(=O)c2cccs2)nc2ccccc21. The normalized spacial score (nSPS) is 11.0. The molecule has 0 aliphatic rings. The molecule has 0 spiro atoms. The molecule has 5 heteroatoms. The summed E-state index contributed by atoms with van der Waals surface area (Å²) in [5.74, 6) is 0. The van der Waals surface area contributed by atoms with E-state index < -0.39 is 0 Å². The van der Waals surface area contributed by atoms with E-state index in [9.17, 15) is 4.79 Å². The van der Waals surface area contributed by atoms with E-state index in [0.29, 0.717) is 0 Å². The van der Waals surface area contributed by atoms with Crippen molar-refractivity contribution in [3.8, 4) is 0 Å². The predicted octanol–water partition coefficient (Wildman–Crippen LogP) is 4.05. The maximum atomic E-state index is 12.1. The van der Waals surface area contributed by atoms with Crippen LogP contribution in [-0.4, -0.2) is 14.7 Å². The standard InChI is InChI=1S/C14H12N2OS2/c1-2-16-11-7-4-3-6-10(11)15-14(16)19-13(17)12-8-5-9-18-12/h3-9H,2H2,1H3. The average molecular weight is 288 g/mol. The number of aryl methyl sites for hydroxylation is 1. The summed E-state index contributed by atoms with van der Waals surface area (Å²) in [6.07, 6.45) is 0. The third-order valence-electron chi connectivity index (χ3n) is 2.84. The fourth-order valence-electron chi connectivity index (χ4n) is 1.96. The Kier molecular flexibility index (Phi) is 3.40. The van der Waals surface area contributed by atoms with Gasteiger partial charge < -0.3 is 4.57 Å². The Morgan fingerprint density at radius 3 is 2.89 bits per heavy atom. The Morgan fingerprint density at radius 1 is 1.32 bits per heavy atom. The summed E-state index contributed by atoms with van der Waals surface area (Å²) in [4.78, 5) is 17.4. The number of aromatic nitrogens is 2. The number of thioether (sulfide) groups is 1. The van der Waals surface area contributed by atoms with Crippen LogP contribution in [0.2, 0.25) is 0 Å². The maximum Gasteiger partial charge on any atom is 0.236 e. The second-order valence-corrected chi connectivity index (χ2v) is 5.88. The number of hydrogen-bond acceptors (Lipinski definition) is 4. The number of carbonyl (C=O) groups is 1. The minimum atomic E-state index is 0.0556. The molecular weight excluding hydrogens is 276 g/mol. The molecule has 3 nitrogen and oxygen atoms in total. The highest BCUT2D eigenvalue weighted by molar-refractivity contribution is 8.14. The van der Waals surface area contributed by atoms with Crippen molar-refractivity contribution in [2.24, 2.45) is 0 Å². The monoisotopic (exact) mass is 288 g/mol. The highest BCUT2D eigenvalue weighted by atomic mass is 32.2. The van der Waals surface area contributed by atoms with Crippen LogP contribution in [0.5, 0.6) is 0 Å². The summed E-state index contributed by atoms with van der Waals surface area (Å²) in [6.45, 7) is 2.87. The van der Waals surface area contributed by atoms with Gasteiger partial charge in [-0.1, -0.05) is 18.2 Å². The lowest BCUT2D eigenvalue weighted by Gasteiger charge is -2.03. The summed E-state index contributed by atoms with van der Waals surface area (Å²) in [5, 5.41) is 2.73. The van der Waals surface area contributed by atoms with Crippen LogP contribution in [0.4, 0.5) is 0 Å². The van der Waals surface area contributed by atoms with Crippen molar-refractivity contribution in [3.05, 3.63) is 46.7 Å². The summed E-state index contributed by atoms with van der Waals surface area (Å²) in [6, 6.07) is 11.7. The molecule has 19 heavy (non-hydrogen) atoms. The van der Waals surface area contributed by atoms with Crippen LogP contribution in [0.25, 0.3) is 11.0 Å². The van der Waals surface area contributed by atoms with Gasteiger partial charge in [0.2, 0.25) is 5.12 Å². The first-order valence-electron chi connectivity index (χ1n) is 6.00. The smallest absolute Gasteiger partial charge is 0.236 e. The first-order valence-corrected chi connectivity index (χ1v) is 7.70. The van der Waals surface area contributed by atoms with Gasteiger partial charge in [0, 0.05) is 6.54 Å². The second kappa shape index (κ2) is 5.19. The average Bonchev–Trinajstić information content (AvgIpc) is 3.05. The summed E-state index contributed by atoms with van der Waals surface area (Å²) < 4.78 is 2.07. The van der Waals surface area contributed by atoms with E-state index in [1.165, 1.54) is 23.1 Å². The molecule has 0 atom stereocenters. The molecule has 96 valence electrons. The lowest BCUT2D eigenvalue weighted by atomic mass is 10.3. The topological polar surface area (TPSA) is 34.9 Å². The quantitative estimate of drug-likeness (QED) is 0.682. The largest absolute Gasteiger partial charge is 0.319 e. The van der Waals surface area contributed by atoms with Crippen LogP contribution in [0, 0.1) is 0 Å². The van der Waals surface area contributed by atoms with E-state index >= 15 is 0 Å². The number of hydrogen-bond donors (Lipinski definition) is 0. The Hall–Kier alpha value is -1.59. The van der Waals surface area contributed by atoms with Crippen LogP contribution in [0.3, 0.4) is 0 Å². The number of benzene rings is 1. The molecular formula is C14H12N2OS2. The highest BCUT2D eigenvalue weighted by Gasteiger charge is 2.15. The van der Waals surface area contributed by atoms with E-state index in [4.69, 9.17) is 0 Å². The van der Waals surface area contributed by atoms with Gasteiger partial charge in [0.25, 0.3) is 0 Å². The molecule has 0 unspecified atom stereocenters. The van der Waals surface area contributed by atoms with Gasteiger partial charge in [0.05, 0.1) is 15.9 Å². The Labute approximate surface area is 119 Å². The van der Waals surface area contributed by atoms with E-state index in [0.717, 1.165) is 27.6 Å². The molecule has 3 rings (SSSR count). The molecule has 0 amide bonds. The van der Waals surface area contributed by atoms with Crippen LogP contribution < -0.4 is 0 Å². The van der Waals surface area contributed by atoms with Gasteiger partial charge >= 0.3 is 0 Å². The van der Waals surface area contributed by atoms with Crippen LogP contribution >= 0.6 is 23.1 Å². The van der Waals surface area contributed by atoms with E-state index in [1.807, 2.05) is 41.8 Å². The highest BCUT2D eigenvalue weighted by Crippen LogP contribution is 2.27. The maximum absolute atomic E-state index is 12.1. The molecule has 2 aromatic heterocycles. The van der Waals surface area contributed by atoms with Crippen molar-refractivity contribution < 1.29 is 4.79 Å². The zero-order valence-electron chi connectivity index (χ0n) is 10.4. The van der Waals surface area contributed by atoms with Gasteiger partial charge in [0.1, 0.15) is 0 Å². The van der Waals surface area contributed by atoms with Gasteiger partial charge in [0.15, 0.2) is 5.16 Å². The Balaban J connectivity index is 1.99. The van der Waals surface area contributed by atoms with E-state index in [1.54, 1.807) is 0 Å². The van der Waals surface area contributed by atoms with E-state index in [-0.39, 0.29) is 5.12 Å².